The molecule has 21 heavy (non-hydrogen) atoms. The summed E-state index contributed by atoms with van der Waals surface area (Å²) in [5, 5.41) is 20.7. The van der Waals surface area contributed by atoms with Crippen molar-refractivity contribution >= 4 is 17.3 Å². The Hall–Kier alpha value is -2.15. The van der Waals surface area contributed by atoms with Gasteiger partial charge in [0.05, 0.1) is 11.0 Å². The SMILES string of the molecule is CN(C)C(=O)c1ccc([N+](=O)[O-])c(N2CCC(O)CC2)c1. The Bertz CT molecular complexity index is 551. The number of carbonyl (C=O) groups excluding carboxylic acids is 1. The van der Waals surface area contributed by atoms with Crippen molar-refractivity contribution < 1.29 is 14.8 Å². The van der Waals surface area contributed by atoms with Gasteiger partial charge in [0.25, 0.3) is 11.6 Å². The number of aliphatic hydroxyl groups excluding tert-OH is 1. The van der Waals surface area contributed by atoms with E-state index in [0.29, 0.717) is 37.2 Å². The zero-order valence-corrected chi connectivity index (χ0v) is 12.2. The third-order valence-corrected chi connectivity index (χ3v) is 3.63. The standard InChI is InChI=1S/C14H19N3O4/c1-15(2)14(19)10-3-4-12(17(20)21)13(9-10)16-7-5-11(18)6-8-16/h3-4,9,11,18H,5-8H2,1-2H3. The Morgan fingerprint density at radius 2 is 2.00 bits per heavy atom. The first kappa shape index (κ1) is 15.2. The van der Waals surface area contributed by atoms with E-state index in [1.807, 2.05) is 4.90 Å². The van der Waals surface area contributed by atoms with Crippen molar-refractivity contribution in [3.05, 3.63) is 33.9 Å². The summed E-state index contributed by atoms with van der Waals surface area (Å²) in [6.45, 7) is 1.09. The van der Waals surface area contributed by atoms with Gasteiger partial charge in [0.15, 0.2) is 0 Å². The Morgan fingerprint density at radius 3 is 2.52 bits per heavy atom. The number of nitrogens with zero attached hydrogens (tertiary/aromatic N) is 3. The minimum absolute atomic E-state index is 0.0123. The summed E-state index contributed by atoms with van der Waals surface area (Å²) in [6, 6.07) is 4.41. The number of nitro benzene ring substituents is 1. The summed E-state index contributed by atoms with van der Waals surface area (Å²) in [4.78, 5) is 26.0. The molecular weight excluding hydrogens is 274 g/mol. The molecule has 1 aliphatic rings. The van der Waals surface area contributed by atoms with E-state index < -0.39 is 4.92 Å². The van der Waals surface area contributed by atoms with E-state index >= 15 is 0 Å². The zero-order valence-electron chi connectivity index (χ0n) is 12.2. The van der Waals surface area contributed by atoms with Crippen LogP contribution in [0.3, 0.4) is 0 Å². The fraction of sp³-hybridized carbons (Fsp3) is 0.500. The Kier molecular flexibility index (Phi) is 4.42. The fourth-order valence-electron chi connectivity index (χ4n) is 2.43. The van der Waals surface area contributed by atoms with Gasteiger partial charge in [-0.3, -0.25) is 14.9 Å². The van der Waals surface area contributed by atoms with Gasteiger partial charge < -0.3 is 14.9 Å². The second-order valence-electron chi connectivity index (χ2n) is 5.38. The molecule has 1 N–H and O–H groups in total. The highest BCUT2D eigenvalue weighted by atomic mass is 16.6. The summed E-state index contributed by atoms with van der Waals surface area (Å²) in [7, 11) is 3.28. The smallest absolute Gasteiger partial charge is 0.292 e. The molecule has 1 heterocycles. The Labute approximate surface area is 122 Å². The molecule has 0 radical (unpaired) electrons. The molecule has 1 aromatic rings. The zero-order chi connectivity index (χ0) is 15.6. The second kappa shape index (κ2) is 6.09. The Morgan fingerprint density at radius 1 is 1.38 bits per heavy atom. The van der Waals surface area contributed by atoms with Gasteiger partial charge >= 0.3 is 0 Å². The van der Waals surface area contributed by atoms with Crippen LogP contribution in [0.25, 0.3) is 0 Å². The molecule has 1 fully saturated rings. The molecule has 1 saturated heterocycles. The van der Waals surface area contributed by atoms with Crippen molar-refractivity contribution in [1.29, 1.82) is 0 Å². The second-order valence-corrected chi connectivity index (χ2v) is 5.38. The number of amides is 1. The molecule has 7 heteroatoms. The van der Waals surface area contributed by atoms with Gasteiger partial charge in [0.2, 0.25) is 0 Å². The molecule has 1 amide bonds. The summed E-state index contributed by atoms with van der Waals surface area (Å²) in [5.74, 6) is -0.191. The van der Waals surface area contributed by atoms with Gasteiger partial charge in [0, 0.05) is 38.8 Å². The van der Waals surface area contributed by atoms with Crippen LogP contribution >= 0.6 is 0 Å². The van der Waals surface area contributed by atoms with Gasteiger partial charge in [-0.05, 0) is 25.0 Å². The van der Waals surface area contributed by atoms with Crippen LogP contribution < -0.4 is 4.90 Å². The highest BCUT2D eigenvalue weighted by molar-refractivity contribution is 5.95. The lowest BCUT2D eigenvalue weighted by Gasteiger charge is -2.31. The van der Waals surface area contributed by atoms with Gasteiger partial charge in [0.1, 0.15) is 5.69 Å². The molecule has 0 aromatic heterocycles. The highest BCUT2D eigenvalue weighted by Gasteiger charge is 2.25. The van der Waals surface area contributed by atoms with Crippen molar-refractivity contribution in [2.45, 2.75) is 18.9 Å². The first-order valence-electron chi connectivity index (χ1n) is 6.83. The minimum atomic E-state index is -0.440. The first-order valence-corrected chi connectivity index (χ1v) is 6.83. The average Bonchev–Trinajstić information content (AvgIpc) is 2.46. The summed E-state index contributed by atoms with van der Waals surface area (Å²) in [5.41, 5.74) is 0.855. The maximum absolute atomic E-state index is 12.0. The molecule has 0 unspecified atom stereocenters. The van der Waals surface area contributed by atoms with Crippen LogP contribution in [0, 0.1) is 10.1 Å². The lowest BCUT2D eigenvalue weighted by atomic mass is 10.1. The highest BCUT2D eigenvalue weighted by Crippen LogP contribution is 2.31. The number of benzene rings is 1. The maximum Gasteiger partial charge on any atom is 0.292 e. The van der Waals surface area contributed by atoms with Crippen LogP contribution in [0.15, 0.2) is 18.2 Å². The van der Waals surface area contributed by atoms with Crippen LogP contribution in [0.2, 0.25) is 0 Å². The number of carbonyl (C=O) groups is 1. The van der Waals surface area contributed by atoms with Gasteiger partial charge in [-0.1, -0.05) is 0 Å². The molecule has 0 saturated carbocycles. The molecule has 0 bridgehead atoms. The molecule has 7 nitrogen and oxygen atoms in total. The minimum Gasteiger partial charge on any atom is -0.393 e. The number of hydrogen-bond donors (Lipinski definition) is 1. The summed E-state index contributed by atoms with van der Waals surface area (Å²) < 4.78 is 0. The van der Waals surface area contributed by atoms with Crippen molar-refractivity contribution in [1.82, 2.24) is 4.90 Å². The largest absolute Gasteiger partial charge is 0.393 e. The molecule has 0 atom stereocenters. The van der Waals surface area contributed by atoms with Gasteiger partial charge in [-0.25, -0.2) is 0 Å². The number of rotatable bonds is 3. The monoisotopic (exact) mass is 293 g/mol. The van der Waals surface area contributed by atoms with Crippen molar-refractivity contribution in [2.75, 3.05) is 32.1 Å². The van der Waals surface area contributed by atoms with E-state index in [9.17, 15) is 20.0 Å². The fourth-order valence-corrected chi connectivity index (χ4v) is 2.43. The predicted molar refractivity (Wildman–Crippen MR) is 78.6 cm³/mol. The van der Waals surface area contributed by atoms with Crippen LogP contribution in [0.5, 0.6) is 0 Å². The number of aliphatic hydroxyl groups is 1. The number of hydrogen-bond acceptors (Lipinski definition) is 5. The van der Waals surface area contributed by atoms with Gasteiger partial charge in [-0.2, -0.15) is 0 Å². The molecule has 1 aliphatic heterocycles. The molecule has 0 spiro atoms. The molecule has 1 aromatic carbocycles. The topological polar surface area (TPSA) is 86.9 Å². The van der Waals surface area contributed by atoms with E-state index in [4.69, 9.17) is 0 Å². The lowest BCUT2D eigenvalue weighted by Crippen LogP contribution is -2.36. The van der Waals surface area contributed by atoms with E-state index in [0.717, 1.165) is 0 Å². The van der Waals surface area contributed by atoms with E-state index in [1.54, 1.807) is 20.2 Å². The van der Waals surface area contributed by atoms with Crippen LogP contribution in [-0.2, 0) is 0 Å². The van der Waals surface area contributed by atoms with Crippen LogP contribution in [-0.4, -0.2) is 54.1 Å². The third-order valence-electron chi connectivity index (χ3n) is 3.63. The number of piperidine rings is 1. The lowest BCUT2D eigenvalue weighted by molar-refractivity contribution is -0.384. The van der Waals surface area contributed by atoms with E-state index in [2.05, 4.69) is 0 Å². The van der Waals surface area contributed by atoms with Crippen molar-refractivity contribution in [3.8, 4) is 0 Å². The first-order chi connectivity index (χ1) is 9.90. The summed E-state index contributed by atoms with van der Waals surface area (Å²) >= 11 is 0. The van der Waals surface area contributed by atoms with E-state index in [-0.39, 0.29) is 17.7 Å². The number of anilines is 1. The number of nitro groups is 1. The molecule has 0 aliphatic carbocycles. The van der Waals surface area contributed by atoms with Gasteiger partial charge in [-0.15, -0.1) is 0 Å². The van der Waals surface area contributed by atoms with Crippen molar-refractivity contribution in [3.63, 3.8) is 0 Å². The van der Waals surface area contributed by atoms with E-state index in [1.165, 1.54) is 17.0 Å². The van der Waals surface area contributed by atoms with Crippen LogP contribution in [0.4, 0.5) is 11.4 Å². The predicted octanol–water partition coefficient (Wildman–Crippen LogP) is 1.26. The molecular formula is C14H19N3O4. The third kappa shape index (κ3) is 3.30. The molecule has 2 rings (SSSR count). The van der Waals surface area contributed by atoms with Crippen LogP contribution in [0.1, 0.15) is 23.2 Å². The quantitative estimate of drug-likeness (QED) is 0.669. The van der Waals surface area contributed by atoms with Crippen molar-refractivity contribution in [2.24, 2.45) is 0 Å². The normalized spacial score (nSPS) is 15.9. The molecule has 114 valence electrons. The average molecular weight is 293 g/mol. The Balaban J connectivity index is 2.38. The summed E-state index contributed by atoms with van der Waals surface area (Å²) in [6.07, 6.45) is 0.790. The maximum atomic E-state index is 12.0.